The first-order chi connectivity index (χ1) is 13.8. The van der Waals surface area contributed by atoms with E-state index in [1.54, 1.807) is 0 Å². The maximum atomic E-state index is 4.62. The smallest absolute Gasteiger partial charge is 0.225 e. The van der Waals surface area contributed by atoms with Crippen LogP contribution in [0, 0.1) is 0 Å². The van der Waals surface area contributed by atoms with E-state index in [-0.39, 0.29) is 0 Å². The second-order valence-corrected chi connectivity index (χ2v) is 7.22. The van der Waals surface area contributed by atoms with Gasteiger partial charge in [0.15, 0.2) is 0 Å². The number of para-hydroxylation sites is 2. The number of imidazole rings is 1. The number of hydrogen-bond acceptors (Lipinski definition) is 5. The average Bonchev–Trinajstić information content (AvgIpc) is 3.19. The number of anilines is 1. The Morgan fingerprint density at radius 1 is 0.786 bits per heavy atom. The summed E-state index contributed by atoms with van der Waals surface area (Å²) in [6.45, 7) is 4.04. The van der Waals surface area contributed by atoms with Crippen LogP contribution in [-0.2, 0) is 0 Å². The molecule has 0 unspecified atom stereocenters. The Labute approximate surface area is 164 Å². The number of fused-ring (bicyclic) bond motifs is 1. The standard InChI is InChI=1S/C22H22N6/c1-26-9-11-27(12-10-26)22-23-14-18(15-24-22)17-5-4-6-19(13-17)28-16-25-20-7-2-3-8-21(20)28/h2-8,13-16H,9-12H2,1H3. The van der Waals surface area contributed by atoms with E-state index in [9.17, 15) is 0 Å². The normalized spacial score (nSPS) is 15.2. The quantitative estimate of drug-likeness (QED) is 0.554. The van der Waals surface area contributed by atoms with Crippen molar-refractivity contribution < 1.29 is 0 Å². The summed E-state index contributed by atoms with van der Waals surface area (Å²) in [7, 11) is 2.15. The van der Waals surface area contributed by atoms with E-state index in [1.807, 2.05) is 36.9 Å². The Morgan fingerprint density at radius 3 is 2.39 bits per heavy atom. The third-order valence-corrected chi connectivity index (χ3v) is 5.34. The van der Waals surface area contributed by atoms with Gasteiger partial charge in [0.25, 0.3) is 0 Å². The molecule has 3 heterocycles. The van der Waals surface area contributed by atoms with Gasteiger partial charge in [-0.25, -0.2) is 15.0 Å². The number of benzene rings is 2. The highest BCUT2D eigenvalue weighted by molar-refractivity contribution is 5.78. The van der Waals surface area contributed by atoms with Crippen molar-refractivity contribution in [3.05, 3.63) is 67.3 Å². The Bertz CT molecular complexity index is 1090. The van der Waals surface area contributed by atoms with Crippen LogP contribution in [0.5, 0.6) is 0 Å². The van der Waals surface area contributed by atoms with Gasteiger partial charge in [-0.15, -0.1) is 0 Å². The molecule has 0 bridgehead atoms. The summed E-state index contributed by atoms with van der Waals surface area (Å²) >= 11 is 0. The maximum absolute atomic E-state index is 4.62. The minimum absolute atomic E-state index is 0.814. The second-order valence-electron chi connectivity index (χ2n) is 7.22. The fraction of sp³-hybridized carbons (Fsp3) is 0.227. The van der Waals surface area contributed by atoms with E-state index in [0.29, 0.717) is 0 Å². The molecule has 0 N–H and O–H groups in total. The van der Waals surface area contributed by atoms with Crippen molar-refractivity contribution in [2.24, 2.45) is 0 Å². The summed E-state index contributed by atoms with van der Waals surface area (Å²) in [4.78, 5) is 18.3. The summed E-state index contributed by atoms with van der Waals surface area (Å²) in [6.07, 6.45) is 5.72. The van der Waals surface area contributed by atoms with Crippen LogP contribution in [0.25, 0.3) is 27.8 Å². The predicted octanol–water partition coefficient (Wildman–Crippen LogP) is 3.23. The fourth-order valence-electron chi connectivity index (χ4n) is 3.64. The summed E-state index contributed by atoms with van der Waals surface area (Å²) in [5, 5.41) is 0. The van der Waals surface area contributed by atoms with Crippen molar-refractivity contribution in [1.29, 1.82) is 0 Å². The van der Waals surface area contributed by atoms with E-state index in [0.717, 1.165) is 60.0 Å². The van der Waals surface area contributed by atoms with Gasteiger partial charge in [0.2, 0.25) is 5.95 Å². The van der Waals surface area contributed by atoms with Crippen LogP contribution in [0.3, 0.4) is 0 Å². The fourth-order valence-corrected chi connectivity index (χ4v) is 3.64. The molecule has 6 nitrogen and oxygen atoms in total. The molecule has 1 aliphatic heterocycles. The molecule has 1 fully saturated rings. The van der Waals surface area contributed by atoms with Gasteiger partial charge in [-0.3, -0.25) is 4.57 Å². The third-order valence-electron chi connectivity index (χ3n) is 5.34. The highest BCUT2D eigenvalue weighted by Crippen LogP contribution is 2.24. The lowest BCUT2D eigenvalue weighted by atomic mass is 10.1. The zero-order valence-electron chi connectivity index (χ0n) is 15.9. The predicted molar refractivity (Wildman–Crippen MR) is 112 cm³/mol. The summed E-state index contributed by atoms with van der Waals surface area (Å²) in [6, 6.07) is 16.6. The van der Waals surface area contributed by atoms with Crippen LogP contribution in [-0.4, -0.2) is 57.6 Å². The molecule has 28 heavy (non-hydrogen) atoms. The largest absolute Gasteiger partial charge is 0.338 e. The molecule has 0 radical (unpaired) electrons. The van der Waals surface area contributed by atoms with Crippen molar-refractivity contribution >= 4 is 17.0 Å². The molecule has 0 saturated carbocycles. The van der Waals surface area contributed by atoms with Crippen molar-refractivity contribution in [3.63, 3.8) is 0 Å². The molecule has 0 aliphatic carbocycles. The van der Waals surface area contributed by atoms with Crippen LogP contribution >= 0.6 is 0 Å². The van der Waals surface area contributed by atoms with E-state index >= 15 is 0 Å². The molecule has 1 saturated heterocycles. The van der Waals surface area contributed by atoms with Crippen LogP contribution < -0.4 is 4.90 Å². The first-order valence-corrected chi connectivity index (χ1v) is 9.56. The van der Waals surface area contributed by atoms with Gasteiger partial charge in [-0.1, -0.05) is 24.3 Å². The van der Waals surface area contributed by atoms with Gasteiger partial charge in [-0.2, -0.15) is 0 Å². The lowest BCUT2D eigenvalue weighted by molar-refractivity contribution is 0.311. The molecule has 1 aliphatic rings. The molecule has 4 aromatic rings. The first kappa shape index (κ1) is 16.9. The Balaban J connectivity index is 1.43. The molecule has 0 atom stereocenters. The van der Waals surface area contributed by atoms with Crippen molar-refractivity contribution in [1.82, 2.24) is 24.4 Å². The van der Waals surface area contributed by atoms with Crippen molar-refractivity contribution in [2.45, 2.75) is 0 Å². The van der Waals surface area contributed by atoms with Crippen molar-refractivity contribution in [2.75, 3.05) is 38.1 Å². The van der Waals surface area contributed by atoms with Gasteiger partial charge >= 0.3 is 0 Å². The zero-order chi connectivity index (χ0) is 18.9. The van der Waals surface area contributed by atoms with Gasteiger partial charge in [0.05, 0.1) is 11.0 Å². The highest BCUT2D eigenvalue weighted by atomic mass is 15.3. The van der Waals surface area contributed by atoms with E-state index < -0.39 is 0 Å². The Kier molecular flexibility index (Phi) is 4.25. The molecule has 5 rings (SSSR count). The lowest BCUT2D eigenvalue weighted by Gasteiger charge is -2.32. The van der Waals surface area contributed by atoms with Crippen molar-refractivity contribution in [3.8, 4) is 16.8 Å². The minimum Gasteiger partial charge on any atom is -0.338 e. The monoisotopic (exact) mass is 370 g/mol. The van der Waals surface area contributed by atoms with Crippen LogP contribution in [0.15, 0.2) is 67.3 Å². The molecule has 140 valence electrons. The maximum Gasteiger partial charge on any atom is 0.225 e. The topological polar surface area (TPSA) is 50.1 Å². The lowest BCUT2D eigenvalue weighted by Crippen LogP contribution is -2.45. The Hall–Kier alpha value is -3.25. The highest BCUT2D eigenvalue weighted by Gasteiger charge is 2.16. The molecule has 6 heteroatoms. The van der Waals surface area contributed by atoms with Gasteiger partial charge < -0.3 is 9.80 Å². The van der Waals surface area contributed by atoms with E-state index in [1.165, 1.54) is 0 Å². The number of likely N-dealkylation sites (N-methyl/N-ethyl adjacent to an activating group) is 1. The number of aromatic nitrogens is 4. The van der Waals surface area contributed by atoms with Gasteiger partial charge in [0, 0.05) is 49.8 Å². The summed E-state index contributed by atoms with van der Waals surface area (Å²) < 4.78 is 2.11. The summed E-state index contributed by atoms with van der Waals surface area (Å²) in [5.74, 6) is 0.814. The SMILES string of the molecule is CN1CCN(c2ncc(-c3cccc(-n4cnc5ccccc54)c3)cn2)CC1. The van der Waals surface area contributed by atoms with Gasteiger partial charge in [0.1, 0.15) is 6.33 Å². The summed E-state index contributed by atoms with van der Waals surface area (Å²) in [5.41, 5.74) is 5.28. The molecular weight excluding hydrogens is 348 g/mol. The zero-order valence-corrected chi connectivity index (χ0v) is 15.9. The number of piperazine rings is 1. The van der Waals surface area contributed by atoms with Crippen LogP contribution in [0.2, 0.25) is 0 Å². The molecule has 2 aromatic heterocycles. The molecule has 0 spiro atoms. The second kappa shape index (κ2) is 7.05. The van der Waals surface area contributed by atoms with Crippen LogP contribution in [0.4, 0.5) is 5.95 Å². The number of rotatable bonds is 3. The van der Waals surface area contributed by atoms with E-state index in [4.69, 9.17) is 0 Å². The number of hydrogen-bond donors (Lipinski definition) is 0. The minimum atomic E-state index is 0.814. The third kappa shape index (κ3) is 3.12. The Morgan fingerprint density at radius 2 is 1.57 bits per heavy atom. The number of nitrogens with zero attached hydrogens (tertiary/aromatic N) is 6. The first-order valence-electron chi connectivity index (χ1n) is 9.56. The molecule has 2 aromatic carbocycles. The van der Waals surface area contributed by atoms with Gasteiger partial charge in [-0.05, 0) is 36.9 Å². The average molecular weight is 370 g/mol. The van der Waals surface area contributed by atoms with Crippen LogP contribution in [0.1, 0.15) is 0 Å². The molecular formula is C22H22N6. The van der Waals surface area contributed by atoms with E-state index in [2.05, 4.69) is 66.7 Å². The molecule has 0 amide bonds.